The minimum Gasteiger partial charge on any atom is -0.488 e. The second kappa shape index (κ2) is 9.80. The highest BCUT2D eigenvalue weighted by molar-refractivity contribution is 6.11. The molecule has 0 unspecified atom stereocenters. The summed E-state index contributed by atoms with van der Waals surface area (Å²) in [5.41, 5.74) is 2.61. The SMILES string of the molecule is Cc1cccc(COc2ccc3ccccc3c2/C=C(\C#N)C(=O)Nc2ccccc2F)c1. The lowest BCUT2D eigenvalue weighted by molar-refractivity contribution is -0.112. The summed E-state index contributed by atoms with van der Waals surface area (Å²) in [4.78, 5) is 12.8. The van der Waals surface area contributed by atoms with Crippen molar-refractivity contribution in [2.24, 2.45) is 0 Å². The number of fused-ring (bicyclic) bond motifs is 1. The zero-order chi connectivity index (χ0) is 23.2. The fraction of sp³-hybridized carbons (Fsp3) is 0.0714. The van der Waals surface area contributed by atoms with Gasteiger partial charge in [-0.2, -0.15) is 5.26 Å². The molecular weight excluding hydrogens is 415 g/mol. The molecule has 0 saturated heterocycles. The van der Waals surface area contributed by atoms with Crippen molar-refractivity contribution in [1.29, 1.82) is 5.26 Å². The Morgan fingerprint density at radius 2 is 1.82 bits per heavy atom. The third kappa shape index (κ3) is 5.08. The highest BCUT2D eigenvalue weighted by atomic mass is 19.1. The van der Waals surface area contributed by atoms with Crippen molar-refractivity contribution in [3.63, 3.8) is 0 Å². The van der Waals surface area contributed by atoms with Crippen LogP contribution in [0, 0.1) is 24.1 Å². The molecular formula is C28H21FN2O2. The minimum atomic E-state index is -0.694. The Bertz CT molecular complexity index is 1400. The van der Waals surface area contributed by atoms with Gasteiger partial charge in [0.05, 0.1) is 5.69 Å². The maximum atomic E-state index is 14.0. The number of nitrogens with one attached hydrogen (secondary N) is 1. The van der Waals surface area contributed by atoms with Crippen molar-refractivity contribution in [2.45, 2.75) is 13.5 Å². The smallest absolute Gasteiger partial charge is 0.266 e. The fourth-order valence-corrected chi connectivity index (χ4v) is 3.56. The predicted molar refractivity (Wildman–Crippen MR) is 128 cm³/mol. The number of hydrogen-bond donors (Lipinski definition) is 1. The van der Waals surface area contributed by atoms with E-state index in [0.29, 0.717) is 17.9 Å². The Hall–Kier alpha value is -4.43. The summed E-state index contributed by atoms with van der Waals surface area (Å²) in [6, 6.07) is 27.2. The second-order valence-corrected chi connectivity index (χ2v) is 7.58. The van der Waals surface area contributed by atoms with E-state index in [9.17, 15) is 14.4 Å². The number of nitriles is 1. The minimum absolute atomic E-state index is 0.0116. The molecule has 4 nitrogen and oxygen atoms in total. The van der Waals surface area contributed by atoms with Crippen molar-refractivity contribution in [1.82, 2.24) is 0 Å². The molecule has 4 aromatic carbocycles. The zero-order valence-electron chi connectivity index (χ0n) is 18.0. The van der Waals surface area contributed by atoms with Gasteiger partial charge in [0.15, 0.2) is 0 Å². The number of para-hydroxylation sites is 1. The van der Waals surface area contributed by atoms with Crippen LogP contribution in [0.2, 0.25) is 0 Å². The van der Waals surface area contributed by atoms with Crippen molar-refractivity contribution in [2.75, 3.05) is 5.32 Å². The number of amides is 1. The highest BCUT2D eigenvalue weighted by Crippen LogP contribution is 2.31. The molecule has 33 heavy (non-hydrogen) atoms. The number of hydrogen-bond acceptors (Lipinski definition) is 3. The fourth-order valence-electron chi connectivity index (χ4n) is 3.56. The first kappa shape index (κ1) is 21.8. The average molecular weight is 436 g/mol. The Labute approximate surface area is 191 Å². The van der Waals surface area contributed by atoms with E-state index in [1.165, 1.54) is 24.3 Å². The van der Waals surface area contributed by atoms with Gasteiger partial charge in [0, 0.05) is 5.56 Å². The van der Waals surface area contributed by atoms with Gasteiger partial charge in [0.1, 0.15) is 29.8 Å². The van der Waals surface area contributed by atoms with E-state index >= 15 is 0 Å². The van der Waals surface area contributed by atoms with E-state index in [1.54, 1.807) is 6.07 Å². The summed E-state index contributed by atoms with van der Waals surface area (Å²) >= 11 is 0. The quantitative estimate of drug-likeness (QED) is 0.281. The van der Waals surface area contributed by atoms with Crippen LogP contribution in [0.4, 0.5) is 10.1 Å². The lowest BCUT2D eigenvalue weighted by atomic mass is 10.0. The topological polar surface area (TPSA) is 62.1 Å². The summed E-state index contributed by atoms with van der Waals surface area (Å²) in [6.45, 7) is 2.35. The lowest BCUT2D eigenvalue weighted by Gasteiger charge is -2.13. The van der Waals surface area contributed by atoms with Crippen LogP contribution in [-0.4, -0.2) is 5.91 Å². The first-order valence-electron chi connectivity index (χ1n) is 10.4. The molecule has 4 aromatic rings. The second-order valence-electron chi connectivity index (χ2n) is 7.58. The van der Waals surface area contributed by atoms with E-state index in [0.717, 1.165) is 21.9 Å². The van der Waals surface area contributed by atoms with Crippen LogP contribution in [0.1, 0.15) is 16.7 Å². The molecule has 0 heterocycles. The maximum Gasteiger partial charge on any atom is 0.266 e. The van der Waals surface area contributed by atoms with Crippen LogP contribution in [0.15, 0.2) is 90.5 Å². The molecule has 0 fully saturated rings. The molecule has 1 amide bonds. The number of carbonyl (C=O) groups is 1. The maximum absolute atomic E-state index is 14.0. The Kier molecular flexibility index (Phi) is 6.47. The lowest BCUT2D eigenvalue weighted by Crippen LogP contribution is -2.14. The molecule has 0 aliphatic carbocycles. The molecule has 162 valence electrons. The van der Waals surface area contributed by atoms with E-state index in [-0.39, 0.29) is 11.3 Å². The summed E-state index contributed by atoms with van der Waals surface area (Å²) in [5.74, 6) is -0.725. The first-order valence-corrected chi connectivity index (χ1v) is 10.4. The average Bonchev–Trinajstić information content (AvgIpc) is 2.83. The normalized spacial score (nSPS) is 11.1. The number of rotatable bonds is 6. The highest BCUT2D eigenvalue weighted by Gasteiger charge is 2.15. The molecule has 4 rings (SSSR count). The van der Waals surface area contributed by atoms with Crippen LogP contribution < -0.4 is 10.1 Å². The molecule has 0 atom stereocenters. The molecule has 1 N–H and O–H groups in total. The molecule has 0 bridgehead atoms. The van der Waals surface area contributed by atoms with Gasteiger partial charge in [-0.25, -0.2) is 4.39 Å². The third-order valence-electron chi connectivity index (χ3n) is 5.18. The summed E-state index contributed by atoms with van der Waals surface area (Å²) in [6.07, 6.45) is 1.49. The van der Waals surface area contributed by atoms with Crippen LogP contribution in [0.5, 0.6) is 5.75 Å². The van der Waals surface area contributed by atoms with Gasteiger partial charge >= 0.3 is 0 Å². The van der Waals surface area contributed by atoms with Gasteiger partial charge in [0.25, 0.3) is 5.91 Å². The number of halogens is 1. The van der Waals surface area contributed by atoms with Crippen molar-refractivity contribution in [3.05, 3.63) is 113 Å². The van der Waals surface area contributed by atoms with Gasteiger partial charge in [0.2, 0.25) is 0 Å². The third-order valence-corrected chi connectivity index (χ3v) is 5.18. The van der Waals surface area contributed by atoms with Crippen LogP contribution in [0.3, 0.4) is 0 Å². The van der Waals surface area contributed by atoms with Crippen LogP contribution in [0.25, 0.3) is 16.8 Å². The largest absolute Gasteiger partial charge is 0.488 e. The molecule has 0 aliphatic rings. The standard InChI is InChI=1S/C28H21FN2O2/c1-19-7-6-8-20(15-19)18-33-27-14-13-21-9-2-3-10-23(21)24(27)16-22(17-30)28(32)31-26-12-5-4-11-25(26)29/h2-16H,18H2,1H3,(H,31,32)/b22-16+. The number of benzene rings is 4. The van der Waals surface area contributed by atoms with E-state index < -0.39 is 11.7 Å². The number of nitrogens with zero attached hydrogens (tertiary/aromatic N) is 1. The molecule has 0 radical (unpaired) electrons. The van der Waals surface area contributed by atoms with Gasteiger partial charge in [-0.1, -0.05) is 72.3 Å². The molecule has 5 heteroatoms. The van der Waals surface area contributed by atoms with Crippen LogP contribution in [-0.2, 0) is 11.4 Å². The first-order chi connectivity index (χ1) is 16.0. The number of ether oxygens (including phenoxy) is 1. The van der Waals surface area contributed by atoms with E-state index in [2.05, 4.69) is 5.32 Å². The van der Waals surface area contributed by atoms with Gasteiger partial charge in [-0.05, 0) is 47.5 Å². The van der Waals surface area contributed by atoms with Gasteiger partial charge < -0.3 is 10.1 Å². The van der Waals surface area contributed by atoms with Crippen molar-refractivity contribution < 1.29 is 13.9 Å². The summed E-state index contributed by atoms with van der Waals surface area (Å²) < 4.78 is 20.1. The van der Waals surface area contributed by atoms with E-state index in [1.807, 2.05) is 73.7 Å². The van der Waals surface area contributed by atoms with E-state index in [4.69, 9.17) is 4.74 Å². The Balaban J connectivity index is 1.71. The molecule has 0 spiro atoms. The van der Waals surface area contributed by atoms with Gasteiger partial charge in [-0.3, -0.25) is 4.79 Å². The van der Waals surface area contributed by atoms with Gasteiger partial charge in [-0.15, -0.1) is 0 Å². The van der Waals surface area contributed by atoms with Crippen molar-refractivity contribution in [3.8, 4) is 11.8 Å². The summed E-state index contributed by atoms with van der Waals surface area (Å²) in [7, 11) is 0. The number of anilines is 1. The Morgan fingerprint density at radius 3 is 2.61 bits per heavy atom. The predicted octanol–water partition coefficient (Wildman–Crippen LogP) is 6.41. The zero-order valence-corrected chi connectivity index (χ0v) is 18.0. The Morgan fingerprint density at radius 1 is 1.03 bits per heavy atom. The summed E-state index contributed by atoms with van der Waals surface area (Å²) in [5, 5.41) is 13.9. The molecule has 0 aromatic heterocycles. The number of aryl methyl sites for hydroxylation is 1. The number of carbonyl (C=O) groups excluding carboxylic acids is 1. The molecule has 0 aliphatic heterocycles. The van der Waals surface area contributed by atoms with Crippen LogP contribution >= 0.6 is 0 Å². The monoisotopic (exact) mass is 436 g/mol. The van der Waals surface area contributed by atoms with Crippen molar-refractivity contribution >= 4 is 28.4 Å². The molecule has 0 saturated carbocycles.